The lowest BCUT2D eigenvalue weighted by Crippen LogP contribution is -2.39. The fourth-order valence-electron chi connectivity index (χ4n) is 3.19. The predicted octanol–water partition coefficient (Wildman–Crippen LogP) is 3.93. The topological polar surface area (TPSA) is 40.5 Å². The van der Waals surface area contributed by atoms with E-state index in [-0.39, 0.29) is 5.56 Å². The maximum Gasteiger partial charge on any atom is 0.335 e. The highest BCUT2D eigenvalue weighted by Crippen LogP contribution is 2.38. The minimum atomic E-state index is -1.09. The fraction of sp³-hybridized carbons (Fsp3) is 0.588. The Morgan fingerprint density at radius 1 is 1.29 bits per heavy atom. The van der Waals surface area contributed by atoms with Gasteiger partial charge in [-0.1, -0.05) is 32.8 Å². The molecule has 1 aromatic carbocycles. The summed E-state index contributed by atoms with van der Waals surface area (Å²) in [7, 11) is 0. The van der Waals surface area contributed by atoms with E-state index >= 15 is 0 Å². The first-order valence-corrected chi connectivity index (χ1v) is 7.74. The molecule has 0 aliphatic carbocycles. The van der Waals surface area contributed by atoms with Crippen LogP contribution in [-0.2, 0) is 6.54 Å². The Morgan fingerprint density at radius 3 is 2.38 bits per heavy atom. The first-order valence-electron chi connectivity index (χ1n) is 7.74. The van der Waals surface area contributed by atoms with Crippen LogP contribution in [0.1, 0.15) is 55.5 Å². The van der Waals surface area contributed by atoms with Crippen LogP contribution in [-0.4, -0.2) is 29.1 Å². The molecule has 0 saturated carbocycles. The number of hydrogen-bond acceptors (Lipinski definition) is 2. The molecule has 0 radical (unpaired) electrons. The molecule has 0 atom stereocenters. The van der Waals surface area contributed by atoms with E-state index < -0.39 is 11.8 Å². The molecule has 0 aromatic heterocycles. The molecule has 4 heteroatoms. The lowest BCUT2D eigenvalue weighted by Gasteiger charge is -2.41. The lowest BCUT2D eigenvalue weighted by molar-refractivity contribution is 0.0696. The Morgan fingerprint density at radius 2 is 1.90 bits per heavy atom. The van der Waals surface area contributed by atoms with Crippen molar-refractivity contribution in [3.8, 4) is 0 Å². The zero-order valence-corrected chi connectivity index (χ0v) is 12.9. The Hall–Kier alpha value is -1.42. The number of benzene rings is 1. The van der Waals surface area contributed by atoms with Gasteiger partial charge >= 0.3 is 5.97 Å². The van der Waals surface area contributed by atoms with Crippen LogP contribution in [0.4, 0.5) is 4.39 Å². The van der Waals surface area contributed by atoms with E-state index in [9.17, 15) is 9.18 Å². The maximum atomic E-state index is 14.0. The number of aromatic carboxylic acids is 1. The normalized spacial score (nSPS) is 18.6. The van der Waals surface area contributed by atoms with Gasteiger partial charge in [-0.3, -0.25) is 4.90 Å². The van der Waals surface area contributed by atoms with Gasteiger partial charge in [0, 0.05) is 12.1 Å². The minimum absolute atomic E-state index is 0.00544. The molecule has 116 valence electrons. The summed E-state index contributed by atoms with van der Waals surface area (Å²) in [5.74, 6) is -1.51. The van der Waals surface area contributed by atoms with E-state index in [2.05, 4.69) is 18.7 Å². The molecule has 1 N–H and O–H groups in total. The zero-order valence-electron chi connectivity index (χ0n) is 12.9. The highest BCUT2D eigenvalue weighted by atomic mass is 19.1. The van der Waals surface area contributed by atoms with E-state index in [1.807, 2.05) is 0 Å². The van der Waals surface area contributed by atoms with Crippen molar-refractivity contribution in [2.45, 2.75) is 46.1 Å². The quantitative estimate of drug-likeness (QED) is 0.894. The van der Waals surface area contributed by atoms with E-state index in [0.717, 1.165) is 32.0 Å². The molecule has 0 unspecified atom stereocenters. The monoisotopic (exact) mass is 293 g/mol. The van der Waals surface area contributed by atoms with Gasteiger partial charge in [-0.2, -0.15) is 0 Å². The second kappa shape index (κ2) is 6.56. The largest absolute Gasteiger partial charge is 0.478 e. The van der Waals surface area contributed by atoms with Crippen molar-refractivity contribution >= 4 is 5.97 Å². The van der Waals surface area contributed by atoms with Crippen LogP contribution in [0.25, 0.3) is 0 Å². The third kappa shape index (κ3) is 3.62. The van der Waals surface area contributed by atoms with Crippen molar-refractivity contribution in [2.24, 2.45) is 5.41 Å². The third-order valence-electron chi connectivity index (χ3n) is 5.11. The van der Waals surface area contributed by atoms with Gasteiger partial charge in [0.05, 0.1) is 5.56 Å². The first-order chi connectivity index (χ1) is 9.99. The van der Waals surface area contributed by atoms with E-state index in [0.29, 0.717) is 17.5 Å². The summed E-state index contributed by atoms with van der Waals surface area (Å²) < 4.78 is 14.0. The zero-order chi connectivity index (χ0) is 15.5. The van der Waals surface area contributed by atoms with Gasteiger partial charge in [-0.15, -0.1) is 0 Å². The van der Waals surface area contributed by atoms with E-state index in [4.69, 9.17) is 5.11 Å². The summed E-state index contributed by atoms with van der Waals surface area (Å²) in [5.41, 5.74) is 1.05. The predicted molar refractivity (Wildman–Crippen MR) is 80.9 cm³/mol. The Bertz CT molecular complexity index is 502. The summed E-state index contributed by atoms with van der Waals surface area (Å²) in [6.07, 6.45) is 4.74. The minimum Gasteiger partial charge on any atom is -0.478 e. The summed E-state index contributed by atoms with van der Waals surface area (Å²) >= 11 is 0. The molecule has 1 aliphatic heterocycles. The number of carboxylic acid groups (broad SMARTS) is 1. The number of nitrogens with zero attached hydrogens (tertiary/aromatic N) is 1. The van der Waals surface area contributed by atoms with Crippen molar-refractivity contribution in [2.75, 3.05) is 13.1 Å². The van der Waals surface area contributed by atoms with Crippen molar-refractivity contribution < 1.29 is 14.3 Å². The number of rotatable bonds is 5. The molecule has 2 rings (SSSR count). The Balaban J connectivity index is 1.99. The molecule has 1 fully saturated rings. The van der Waals surface area contributed by atoms with Crippen LogP contribution in [0.2, 0.25) is 0 Å². The smallest absolute Gasteiger partial charge is 0.335 e. The number of likely N-dealkylation sites (tertiary alicyclic amines) is 1. The number of hydrogen-bond donors (Lipinski definition) is 1. The van der Waals surface area contributed by atoms with Crippen molar-refractivity contribution in [1.82, 2.24) is 4.90 Å². The lowest BCUT2D eigenvalue weighted by atomic mass is 9.74. The summed E-state index contributed by atoms with van der Waals surface area (Å²) in [6, 6.07) is 4.19. The molecule has 0 spiro atoms. The second-order valence-corrected chi connectivity index (χ2v) is 6.09. The number of carboxylic acids is 1. The molecular weight excluding hydrogens is 269 g/mol. The maximum absolute atomic E-state index is 14.0. The fourth-order valence-corrected chi connectivity index (χ4v) is 3.19. The molecule has 3 nitrogen and oxygen atoms in total. The van der Waals surface area contributed by atoms with Gasteiger partial charge in [-0.25, -0.2) is 9.18 Å². The molecule has 1 aliphatic rings. The first kappa shape index (κ1) is 16.0. The summed E-state index contributed by atoms with van der Waals surface area (Å²) in [5, 5.41) is 8.86. The van der Waals surface area contributed by atoms with Crippen molar-refractivity contribution in [3.05, 3.63) is 35.1 Å². The highest BCUT2D eigenvalue weighted by Gasteiger charge is 2.31. The van der Waals surface area contributed by atoms with Gasteiger partial charge < -0.3 is 5.11 Å². The third-order valence-corrected chi connectivity index (χ3v) is 5.11. The average Bonchev–Trinajstić information content (AvgIpc) is 2.50. The summed E-state index contributed by atoms with van der Waals surface area (Å²) in [4.78, 5) is 13.1. The highest BCUT2D eigenvalue weighted by molar-refractivity contribution is 5.87. The van der Waals surface area contributed by atoms with Gasteiger partial charge in [0.1, 0.15) is 5.82 Å². The van der Waals surface area contributed by atoms with Crippen LogP contribution in [0, 0.1) is 11.2 Å². The Labute approximate surface area is 125 Å². The van der Waals surface area contributed by atoms with Crippen LogP contribution >= 0.6 is 0 Å². The Kier molecular flexibility index (Phi) is 4.99. The van der Waals surface area contributed by atoms with Crippen molar-refractivity contribution in [1.29, 1.82) is 0 Å². The van der Waals surface area contributed by atoms with Gasteiger partial charge in [0.2, 0.25) is 0 Å². The van der Waals surface area contributed by atoms with Crippen LogP contribution < -0.4 is 0 Å². The van der Waals surface area contributed by atoms with E-state index in [1.165, 1.54) is 18.9 Å². The molecule has 0 bridgehead atoms. The molecule has 1 aromatic rings. The molecule has 1 saturated heterocycles. The summed E-state index contributed by atoms with van der Waals surface area (Å²) in [6.45, 7) is 7.05. The van der Waals surface area contributed by atoms with E-state index in [1.54, 1.807) is 6.07 Å². The SMILES string of the molecule is CCC1(CC)CCN(Cc2ccc(C(=O)O)cc2F)CC1. The number of halogens is 1. The molecule has 21 heavy (non-hydrogen) atoms. The van der Waals surface area contributed by atoms with Gasteiger partial charge in [0.25, 0.3) is 0 Å². The van der Waals surface area contributed by atoms with Crippen LogP contribution in [0.5, 0.6) is 0 Å². The second-order valence-electron chi connectivity index (χ2n) is 6.09. The van der Waals surface area contributed by atoms with Gasteiger partial charge in [0.15, 0.2) is 0 Å². The molecule has 0 amide bonds. The standard InChI is InChI=1S/C17H24FNO2/c1-3-17(4-2)7-9-19(10-8-17)12-14-6-5-13(16(20)21)11-15(14)18/h5-6,11H,3-4,7-10,12H2,1-2H3,(H,20,21). The average molecular weight is 293 g/mol. The van der Waals surface area contributed by atoms with Crippen molar-refractivity contribution in [3.63, 3.8) is 0 Å². The van der Waals surface area contributed by atoms with Crippen LogP contribution in [0.15, 0.2) is 18.2 Å². The number of piperidine rings is 1. The molecule has 1 heterocycles. The van der Waals surface area contributed by atoms with Crippen LogP contribution in [0.3, 0.4) is 0 Å². The van der Waals surface area contributed by atoms with Gasteiger partial charge in [-0.05, 0) is 43.5 Å². The molecular formula is C17H24FNO2. The number of carbonyl (C=O) groups is 1.